The molecule has 4 aliphatic carbocycles. The Kier molecular flexibility index (Phi) is 10.8. The summed E-state index contributed by atoms with van der Waals surface area (Å²) in [6.45, 7) is 15.5. The zero-order valence-electron chi connectivity index (χ0n) is 33.5. The number of rotatable bonds is 9. The second-order valence-corrected chi connectivity index (χ2v) is 18.8. The molecule has 1 aromatic carbocycles. The Morgan fingerprint density at radius 2 is 1.67 bits per heavy atom. The first-order chi connectivity index (χ1) is 25.6. The molecule has 54 heavy (non-hydrogen) atoms. The van der Waals surface area contributed by atoms with E-state index >= 15 is 0 Å². The molecule has 4 saturated carbocycles. The second kappa shape index (κ2) is 15.0. The molecule has 3 aliphatic heterocycles. The highest BCUT2D eigenvalue weighted by atomic mass is 16.7. The van der Waals surface area contributed by atoms with Crippen LogP contribution in [0.15, 0.2) is 24.3 Å². The highest BCUT2D eigenvalue weighted by Crippen LogP contribution is 2.65. The fourth-order valence-electron chi connectivity index (χ4n) is 10.5. The monoisotopic (exact) mass is 747 g/mol. The van der Waals surface area contributed by atoms with Crippen LogP contribution in [0.5, 0.6) is 0 Å². The molecule has 6 fully saturated rings. The van der Waals surface area contributed by atoms with Crippen molar-refractivity contribution in [2.45, 2.75) is 167 Å². The first-order valence-corrected chi connectivity index (χ1v) is 20.6. The van der Waals surface area contributed by atoms with Gasteiger partial charge in [0.05, 0.1) is 24.2 Å². The maximum Gasteiger partial charge on any atom is 0.481 e. The number of carbonyl (C=O) groups is 4. The maximum atomic E-state index is 14.8. The van der Waals surface area contributed by atoms with Gasteiger partial charge in [-0.3, -0.25) is 14.5 Å². The SMILES string of the molecule is CCC[C@H](NC(=O)[C@@H]1C[C@@H](OC(=O)N2Cc3ccccc3C2)CN1C(=O)[C@@H](NC(=O)NC(C)(C)C)C1CCCCC1)B1O[C@@H]2C[C@@H]3C[C@@H](C3(C)C)[C@]2(C)O1. The van der Waals surface area contributed by atoms with Crippen molar-refractivity contribution in [2.75, 3.05) is 6.54 Å². The Bertz CT molecular complexity index is 1570. The summed E-state index contributed by atoms with van der Waals surface area (Å²) in [5.74, 6) is -0.148. The minimum atomic E-state index is -0.907. The van der Waals surface area contributed by atoms with Crippen LogP contribution in [0.4, 0.5) is 9.59 Å². The van der Waals surface area contributed by atoms with Gasteiger partial charge in [0.1, 0.15) is 18.2 Å². The summed E-state index contributed by atoms with van der Waals surface area (Å²) < 4.78 is 19.5. The van der Waals surface area contributed by atoms with Crippen molar-refractivity contribution >= 4 is 31.1 Å². The molecule has 3 N–H and O–H groups in total. The van der Waals surface area contributed by atoms with Crippen LogP contribution in [0, 0.1) is 23.2 Å². The van der Waals surface area contributed by atoms with Crippen molar-refractivity contribution in [1.82, 2.24) is 25.8 Å². The highest BCUT2D eigenvalue weighted by molar-refractivity contribution is 6.48. The van der Waals surface area contributed by atoms with Crippen LogP contribution >= 0.6 is 0 Å². The number of benzene rings is 1. The summed E-state index contributed by atoms with van der Waals surface area (Å²) in [5.41, 5.74) is 1.43. The lowest BCUT2D eigenvalue weighted by atomic mass is 9.43. The molecule has 2 bridgehead atoms. The molecule has 8 rings (SSSR count). The number of amides is 5. The molecular formula is C41H62BN5O7. The van der Waals surface area contributed by atoms with E-state index in [9.17, 15) is 19.2 Å². The van der Waals surface area contributed by atoms with Crippen LogP contribution in [0.1, 0.15) is 124 Å². The number of likely N-dealkylation sites (tertiary alicyclic amines) is 1. The first-order valence-electron chi connectivity index (χ1n) is 20.6. The molecule has 12 nitrogen and oxygen atoms in total. The van der Waals surface area contributed by atoms with E-state index in [2.05, 4.69) is 43.6 Å². The number of urea groups is 1. The smallest absolute Gasteiger partial charge is 0.444 e. The van der Waals surface area contributed by atoms with Gasteiger partial charge in [0.2, 0.25) is 11.8 Å². The lowest BCUT2D eigenvalue weighted by Gasteiger charge is -2.64. The number of nitrogens with one attached hydrogen (secondary N) is 3. The third-order valence-electron chi connectivity index (χ3n) is 13.6. The van der Waals surface area contributed by atoms with Crippen molar-refractivity contribution < 1.29 is 33.2 Å². The summed E-state index contributed by atoms with van der Waals surface area (Å²) in [5, 5.41) is 9.22. The van der Waals surface area contributed by atoms with Gasteiger partial charge in [0, 0.05) is 25.0 Å². The van der Waals surface area contributed by atoms with Crippen LogP contribution in [0.2, 0.25) is 0 Å². The van der Waals surface area contributed by atoms with Crippen molar-refractivity contribution in [3.05, 3.63) is 35.4 Å². The predicted octanol–water partition coefficient (Wildman–Crippen LogP) is 5.71. The molecule has 0 radical (unpaired) electrons. The number of hydrogen-bond donors (Lipinski definition) is 3. The molecule has 8 atom stereocenters. The Hall–Kier alpha value is -3.32. The average Bonchev–Trinajstić information content (AvgIpc) is 3.84. The van der Waals surface area contributed by atoms with Gasteiger partial charge in [-0.15, -0.1) is 0 Å². The number of fused-ring (bicyclic) bond motifs is 1. The van der Waals surface area contributed by atoms with Crippen molar-refractivity contribution in [3.8, 4) is 0 Å². The van der Waals surface area contributed by atoms with Crippen LogP contribution in [0.25, 0.3) is 0 Å². The molecule has 296 valence electrons. The standard InChI is InChI=1S/C41H62BN5O7/c1-8-14-33(42-53-32-20-28-19-31(40(28,5)6)41(32,7)54-42)43-35(48)30-21-29(52-38(51)46-22-26-17-12-13-18-27(26)23-46)24-47(30)36(49)34(25-15-10-9-11-16-25)44-37(50)45-39(2,3)4/h12-13,17-18,25,28-34H,8-11,14-16,19-24H2,1-7H3,(H,43,48)(H2,44,45,50)/t28-,29+,30-,31-,32+,33-,34-,41-/m0/s1. The Morgan fingerprint density at radius 3 is 2.30 bits per heavy atom. The summed E-state index contributed by atoms with van der Waals surface area (Å²) in [6.07, 6.45) is 7.12. The van der Waals surface area contributed by atoms with Crippen LogP contribution in [-0.2, 0) is 36.7 Å². The molecule has 3 heterocycles. The minimum absolute atomic E-state index is 0.0258. The van der Waals surface area contributed by atoms with Gasteiger partial charge >= 0.3 is 19.2 Å². The van der Waals surface area contributed by atoms with E-state index in [4.69, 9.17) is 14.0 Å². The molecule has 13 heteroatoms. The quantitative estimate of drug-likeness (QED) is 0.276. The number of hydrogen-bond acceptors (Lipinski definition) is 7. The largest absolute Gasteiger partial charge is 0.481 e. The Morgan fingerprint density at radius 1 is 0.981 bits per heavy atom. The molecule has 0 aromatic heterocycles. The number of ether oxygens (including phenoxy) is 1. The van der Waals surface area contributed by atoms with Crippen LogP contribution in [0.3, 0.4) is 0 Å². The van der Waals surface area contributed by atoms with E-state index in [0.29, 0.717) is 31.3 Å². The molecule has 1 aromatic rings. The third kappa shape index (κ3) is 7.60. The van der Waals surface area contributed by atoms with E-state index in [1.54, 1.807) is 9.80 Å². The van der Waals surface area contributed by atoms with Gasteiger partial charge in [0.25, 0.3) is 0 Å². The average molecular weight is 748 g/mol. The first kappa shape index (κ1) is 38.9. The topological polar surface area (TPSA) is 139 Å². The van der Waals surface area contributed by atoms with E-state index in [1.165, 1.54) is 0 Å². The number of carbonyl (C=O) groups excluding carboxylic acids is 4. The molecule has 0 unspecified atom stereocenters. The van der Waals surface area contributed by atoms with Gasteiger partial charge in [-0.1, -0.05) is 70.7 Å². The van der Waals surface area contributed by atoms with E-state index < -0.39 is 54.5 Å². The van der Waals surface area contributed by atoms with Gasteiger partial charge in [-0.25, -0.2) is 9.59 Å². The molecule has 5 amide bonds. The van der Waals surface area contributed by atoms with Gasteiger partial charge in [-0.2, -0.15) is 0 Å². The minimum Gasteiger partial charge on any atom is -0.444 e. The molecule has 7 aliphatic rings. The van der Waals surface area contributed by atoms with Crippen molar-refractivity contribution in [1.29, 1.82) is 0 Å². The summed E-state index contributed by atoms with van der Waals surface area (Å²) >= 11 is 0. The zero-order chi connectivity index (χ0) is 38.6. The molecule has 2 saturated heterocycles. The lowest BCUT2D eigenvalue weighted by Crippen LogP contribution is -2.65. The van der Waals surface area contributed by atoms with E-state index in [-0.39, 0.29) is 42.2 Å². The van der Waals surface area contributed by atoms with E-state index in [0.717, 1.165) is 62.5 Å². The van der Waals surface area contributed by atoms with Gasteiger partial charge in [-0.05, 0) is 94.1 Å². The van der Waals surface area contributed by atoms with Gasteiger partial charge in [0.15, 0.2) is 0 Å². The maximum absolute atomic E-state index is 14.8. The molecule has 0 spiro atoms. The second-order valence-electron chi connectivity index (χ2n) is 18.8. The third-order valence-corrected chi connectivity index (χ3v) is 13.6. The fraction of sp³-hybridized carbons (Fsp3) is 0.756. The molecular weight excluding hydrogens is 685 g/mol. The number of nitrogens with zero attached hydrogens (tertiary/aromatic N) is 2. The van der Waals surface area contributed by atoms with Gasteiger partial charge < -0.3 is 34.9 Å². The fourth-order valence-corrected chi connectivity index (χ4v) is 10.5. The van der Waals surface area contributed by atoms with Crippen LogP contribution < -0.4 is 16.0 Å². The lowest BCUT2D eigenvalue weighted by molar-refractivity contribution is -0.199. The van der Waals surface area contributed by atoms with Crippen molar-refractivity contribution in [2.24, 2.45) is 23.2 Å². The van der Waals surface area contributed by atoms with Crippen molar-refractivity contribution in [3.63, 3.8) is 0 Å². The van der Waals surface area contributed by atoms with E-state index in [1.807, 2.05) is 45.0 Å². The summed E-state index contributed by atoms with van der Waals surface area (Å²) in [6, 6.07) is 5.79. The summed E-state index contributed by atoms with van der Waals surface area (Å²) in [4.78, 5) is 59.4. The highest BCUT2D eigenvalue weighted by Gasteiger charge is 2.68. The Labute approximate surface area is 321 Å². The van der Waals surface area contributed by atoms with Crippen LogP contribution in [-0.4, -0.2) is 88.8 Å². The Balaban J connectivity index is 1.11. The summed E-state index contributed by atoms with van der Waals surface area (Å²) in [7, 11) is -0.604. The normalized spacial score (nSPS) is 31.2. The zero-order valence-corrected chi connectivity index (χ0v) is 33.5. The predicted molar refractivity (Wildman–Crippen MR) is 205 cm³/mol.